The molecule has 12 heteroatoms. The third-order valence-electron chi connectivity index (χ3n) is 4.22. The molecule has 0 saturated carbocycles. The zero-order valence-corrected chi connectivity index (χ0v) is 21.4. The highest BCUT2D eigenvalue weighted by molar-refractivity contribution is 9.10. The Hall–Kier alpha value is -2.04. The predicted molar refractivity (Wildman–Crippen MR) is 128 cm³/mol. The highest BCUT2D eigenvalue weighted by Gasteiger charge is 2.23. The molecule has 0 aliphatic carbocycles. The van der Waals surface area contributed by atoms with Gasteiger partial charge in [-0.1, -0.05) is 18.2 Å². The van der Waals surface area contributed by atoms with Crippen molar-refractivity contribution in [1.82, 2.24) is 14.6 Å². The molecule has 2 rings (SSSR count). The molecule has 2 aromatic rings. The Labute approximate surface area is 201 Å². The number of aromatic amines is 1. The van der Waals surface area contributed by atoms with Gasteiger partial charge in [0.25, 0.3) is 5.56 Å². The van der Waals surface area contributed by atoms with E-state index in [2.05, 4.69) is 26.0 Å². The van der Waals surface area contributed by atoms with Crippen molar-refractivity contribution in [3.63, 3.8) is 0 Å². The van der Waals surface area contributed by atoms with Crippen molar-refractivity contribution in [3.8, 4) is 5.75 Å². The molecule has 1 aromatic heterocycles. The summed E-state index contributed by atoms with van der Waals surface area (Å²) in [6, 6.07) is 8.57. The third kappa shape index (κ3) is 9.38. The fraction of sp³-hybridized carbons (Fsp3) is 0.476. The molecule has 1 heterocycles. The van der Waals surface area contributed by atoms with Gasteiger partial charge in [0, 0.05) is 26.3 Å². The minimum atomic E-state index is -1.43. The second-order valence-electron chi connectivity index (χ2n) is 7.30. The van der Waals surface area contributed by atoms with Crippen LogP contribution in [-0.4, -0.2) is 47.4 Å². The molecule has 3 atom stereocenters. The molecule has 0 saturated heterocycles. The van der Waals surface area contributed by atoms with Crippen molar-refractivity contribution in [3.05, 3.63) is 61.8 Å². The van der Waals surface area contributed by atoms with E-state index < -0.39 is 31.9 Å². The van der Waals surface area contributed by atoms with Crippen LogP contribution in [0.4, 0.5) is 0 Å². The van der Waals surface area contributed by atoms with Crippen LogP contribution in [0.3, 0.4) is 0 Å². The van der Waals surface area contributed by atoms with Gasteiger partial charge in [-0.25, -0.2) is 9.88 Å². The summed E-state index contributed by atoms with van der Waals surface area (Å²) in [4.78, 5) is 37.9. The van der Waals surface area contributed by atoms with E-state index in [1.807, 2.05) is 30.3 Å². The lowest BCUT2D eigenvalue weighted by Gasteiger charge is -2.25. The fourth-order valence-electron chi connectivity index (χ4n) is 2.61. The Morgan fingerprint density at radius 1 is 1.21 bits per heavy atom. The molecule has 0 spiro atoms. The maximum absolute atomic E-state index is 12.2. The Kier molecular flexibility index (Phi) is 11.2. The van der Waals surface area contributed by atoms with E-state index >= 15 is 0 Å². The first kappa shape index (κ1) is 27.2. The normalized spacial score (nSPS) is 14.0. The number of H-pyrrole nitrogens is 1. The van der Waals surface area contributed by atoms with Gasteiger partial charge in [-0.15, -0.1) is 0 Å². The van der Waals surface area contributed by atoms with Crippen molar-refractivity contribution in [1.29, 1.82) is 0 Å². The van der Waals surface area contributed by atoms with Crippen molar-refractivity contribution in [2.45, 2.75) is 52.2 Å². The number of rotatable bonds is 13. The molecule has 0 amide bonds. The van der Waals surface area contributed by atoms with Crippen LogP contribution in [-0.2, 0) is 25.5 Å². The number of carbonyl (C=O) groups excluding carboxylic acids is 1. The van der Waals surface area contributed by atoms with E-state index in [9.17, 15) is 14.4 Å². The molecule has 3 unspecified atom stereocenters. The molecule has 10 nitrogen and oxygen atoms in total. The van der Waals surface area contributed by atoms with Gasteiger partial charge in [-0.05, 0) is 48.8 Å². The summed E-state index contributed by atoms with van der Waals surface area (Å²) in [5, 5.41) is 3.13. The third-order valence-corrected chi connectivity index (χ3v) is 6.27. The van der Waals surface area contributed by atoms with Gasteiger partial charge in [-0.2, -0.15) is 0 Å². The van der Waals surface area contributed by atoms with Crippen LogP contribution in [0, 0.1) is 0 Å². The zero-order chi connectivity index (χ0) is 24.4. The lowest BCUT2D eigenvalue weighted by molar-refractivity contribution is -0.148. The Balaban J connectivity index is 2.01. The van der Waals surface area contributed by atoms with E-state index in [0.717, 1.165) is 0 Å². The van der Waals surface area contributed by atoms with Crippen molar-refractivity contribution >= 4 is 30.2 Å². The van der Waals surface area contributed by atoms with Gasteiger partial charge >= 0.3 is 11.7 Å². The average molecular weight is 546 g/mol. The van der Waals surface area contributed by atoms with Gasteiger partial charge in [0.2, 0.25) is 0 Å². The molecule has 0 aliphatic heterocycles. The van der Waals surface area contributed by atoms with Crippen LogP contribution >= 0.6 is 24.2 Å². The number of hydrogen-bond acceptors (Lipinski definition) is 8. The molecule has 0 radical (unpaired) electrons. The first-order valence-corrected chi connectivity index (χ1v) is 12.5. The summed E-state index contributed by atoms with van der Waals surface area (Å²) in [5.41, 5.74) is -1.01. The molecular weight excluding hydrogens is 517 g/mol. The number of ether oxygens (including phenoxy) is 3. The number of hydrogen-bond donors (Lipinski definition) is 2. The second kappa shape index (κ2) is 13.6. The molecule has 182 valence electrons. The number of aryl methyl sites for hydroxylation is 1. The molecule has 33 heavy (non-hydrogen) atoms. The van der Waals surface area contributed by atoms with E-state index in [1.165, 1.54) is 17.9 Å². The molecule has 0 bridgehead atoms. The van der Waals surface area contributed by atoms with E-state index in [4.69, 9.17) is 18.7 Å². The van der Waals surface area contributed by atoms with Crippen LogP contribution in [0.15, 0.2) is 50.6 Å². The monoisotopic (exact) mass is 545 g/mol. The topological polar surface area (TPSA) is 121 Å². The quantitative estimate of drug-likeness (QED) is 0.224. The molecule has 1 aromatic carbocycles. The largest absolute Gasteiger partial charge is 0.462 e. The summed E-state index contributed by atoms with van der Waals surface area (Å²) >= 11 is 3.11. The maximum Gasteiger partial charge on any atom is 0.328 e. The number of halogens is 1. The highest BCUT2D eigenvalue weighted by atomic mass is 79.9. The Morgan fingerprint density at radius 3 is 2.55 bits per heavy atom. The van der Waals surface area contributed by atoms with Crippen molar-refractivity contribution in [2.75, 3.05) is 13.5 Å². The van der Waals surface area contributed by atoms with Gasteiger partial charge in [0.1, 0.15) is 18.1 Å². The zero-order valence-electron chi connectivity index (χ0n) is 18.9. The second-order valence-corrected chi connectivity index (χ2v) is 9.61. The molecule has 0 fully saturated rings. The molecule has 2 N–H and O–H groups in total. The summed E-state index contributed by atoms with van der Waals surface area (Å²) in [6.45, 7) is 5.52. The minimum Gasteiger partial charge on any atom is -0.462 e. The highest BCUT2D eigenvalue weighted by Crippen LogP contribution is 2.35. The average Bonchev–Trinajstić information content (AvgIpc) is 2.77. The van der Waals surface area contributed by atoms with Gasteiger partial charge < -0.3 is 18.7 Å². The van der Waals surface area contributed by atoms with Crippen molar-refractivity contribution < 1.29 is 23.5 Å². The summed E-state index contributed by atoms with van der Waals surface area (Å²) < 4.78 is 24.1. The van der Waals surface area contributed by atoms with E-state index in [1.54, 1.807) is 20.8 Å². The first-order valence-electron chi connectivity index (χ1n) is 10.3. The smallest absolute Gasteiger partial charge is 0.328 e. The number of nitrogens with one attached hydrogen (secondary N) is 2. The van der Waals surface area contributed by atoms with Crippen LogP contribution in [0.2, 0.25) is 0 Å². The summed E-state index contributed by atoms with van der Waals surface area (Å²) in [7, 11) is 0.0634. The van der Waals surface area contributed by atoms with E-state index in [-0.39, 0.29) is 29.4 Å². The Morgan fingerprint density at radius 2 is 1.91 bits per heavy atom. The van der Waals surface area contributed by atoms with Gasteiger partial charge in [0.15, 0.2) is 14.6 Å². The number of benzene rings is 1. The van der Waals surface area contributed by atoms with Crippen LogP contribution in [0.25, 0.3) is 0 Å². The molecule has 0 aliphatic rings. The van der Waals surface area contributed by atoms with Crippen molar-refractivity contribution in [2.24, 2.45) is 0 Å². The minimum absolute atomic E-state index is 0.117. The van der Waals surface area contributed by atoms with Gasteiger partial charge in [-0.3, -0.25) is 19.1 Å². The number of methoxy groups -OCH3 is 1. The number of aromatic nitrogens is 2. The lowest BCUT2D eigenvalue weighted by Crippen LogP contribution is -2.35. The SMILES string of the molecule is COC(CCn1cc(Br)c(=O)[nH]c1=O)OCP(NC(C)C(=O)OC(C)C)Oc1ccccc1. The number of carbonyl (C=O) groups is 1. The molecular formula is C21H29BrN3O7P. The van der Waals surface area contributed by atoms with Gasteiger partial charge in [0.05, 0.1) is 10.6 Å². The van der Waals surface area contributed by atoms with E-state index in [0.29, 0.717) is 12.2 Å². The van der Waals surface area contributed by atoms with Crippen LogP contribution in [0.1, 0.15) is 27.2 Å². The van der Waals surface area contributed by atoms with Crippen LogP contribution < -0.4 is 20.9 Å². The van der Waals surface area contributed by atoms with Crippen LogP contribution in [0.5, 0.6) is 5.75 Å². The Bertz CT molecular complexity index is 999. The summed E-state index contributed by atoms with van der Waals surface area (Å²) in [5.74, 6) is 0.239. The summed E-state index contributed by atoms with van der Waals surface area (Å²) in [6.07, 6.45) is 1.00. The lowest BCUT2D eigenvalue weighted by atomic mass is 10.3. The first-order chi connectivity index (χ1) is 15.7. The standard InChI is InChI=1S/C21H29BrN3O7P/c1-14(2)31-20(27)15(3)24-33(32-16-8-6-5-7-9-16)13-30-18(29-4)10-11-25-12-17(22)19(26)23-21(25)28/h5-9,12,14-15,18,24H,10-11,13H2,1-4H3,(H,23,26,28). The predicted octanol–water partition coefficient (Wildman–Crippen LogP) is 2.96. The number of para-hydroxylation sites is 1. The number of esters is 1. The number of nitrogens with zero attached hydrogens (tertiary/aromatic N) is 1. The maximum atomic E-state index is 12.2. The fourth-order valence-corrected chi connectivity index (χ4v) is 4.36.